The van der Waals surface area contributed by atoms with Gasteiger partial charge in [0.15, 0.2) is 0 Å². The van der Waals surface area contributed by atoms with Crippen molar-refractivity contribution in [2.24, 2.45) is 0 Å². The van der Waals surface area contributed by atoms with Crippen LogP contribution in [-0.4, -0.2) is 4.98 Å². The zero-order valence-electron chi connectivity index (χ0n) is 26.4. The maximum atomic E-state index is 11.0. The highest BCUT2D eigenvalue weighted by molar-refractivity contribution is 5.79. The number of fused-ring (bicyclic) bond motifs is 3. The van der Waals surface area contributed by atoms with E-state index in [-0.39, 0.29) is 21.9 Å². The molecular weight excluding hydrogens is 518 g/mol. The van der Waals surface area contributed by atoms with Crippen LogP contribution in [0.2, 0.25) is 0 Å². The number of rotatable bonds is 0. The quantitative estimate of drug-likeness (QED) is 0.173. The summed E-state index contributed by atoms with van der Waals surface area (Å²) < 4.78 is 10.4. The first-order valence-electron chi connectivity index (χ1n) is 14.5. The Balaban J connectivity index is 0.000000145. The van der Waals surface area contributed by atoms with Gasteiger partial charge in [0.1, 0.15) is 11.2 Å². The molecule has 3 heterocycles. The van der Waals surface area contributed by atoms with Gasteiger partial charge in [-0.3, -0.25) is 4.98 Å². The average molecular weight is 562 g/mol. The molecule has 4 heteroatoms. The summed E-state index contributed by atoms with van der Waals surface area (Å²) in [5, 5.41) is 3.38. The standard InChI is InChI=1S/C13H15N.C13H14O2.C12H14O/c1-13(2,3)11-6-7-12-10(9-11)5-4-8-14-12;1-13(2,3)10-5-6-11-9(8-10)4-7-12(14)15-11;1-12(2,3)10-4-5-11-9(8-10)6-7-13-11/h4-9H,1-3H3;4-8H,1-3H3;4-8H,1-3H3. The molecule has 0 aliphatic carbocycles. The predicted octanol–water partition coefficient (Wildman–Crippen LogP) is 10.4. The fraction of sp³-hybridized carbons (Fsp3) is 0.316. The predicted molar refractivity (Wildman–Crippen MR) is 177 cm³/mol. The van der Waals surface area contributed by atoms with Gasteiger partial charge in [0.05, 0.1) is 11.8 Å². The Bertz CT molecular complexity index is 1850. The van der Waals surface area contributed by atoms with Crippen LogP contribution >= 0.6 is 0 Å². The van der Waals surface area contributed by atoms with Crippen molar-refractivity contribution < 1.29 is 8.83 Å². The minimum Gasteiger partial charge on any atom is -0.464 e. The Morgan fingerprint density at radius 1 is 0.548 bits per heavy atom. The van der Waals surface area contributed by atoms with E-state index < -0.39 is 0 Å². The van der Waals surface area contributed by atoms with Crippen LogP contribution in [0.3, 0.4) is 0 Å². The first kappa shape index (κ1) is 30.8. The van der Waals surface area contributed by atoms with E-state index >= 15 is 0 Å². The number of hydrogen-bond acceptors (Lipinski definition) is 4. The van der Waals surface area contributed by atoms with Gasteiger partial charge in [0.2, 0.25) is 0 Å². The Hall–Kier alpha value is -4.18. The van der Waals surface area contributed by atoms with Crippen molar-refractivity contribution in [1.29, 1.82) is 0 Å². The number of nitrogens with zero attached hydrogens (tertiary/aromatic N) is 1. The number of benzene rings is 3. The molecule has 3 aromatic carbocycles. The molecule has 0 amide bonds. The molecule has 0 aliphatic rings. The lowest BCUT2D eigenvalue weighted by molar-refractivity contribution is 0.558. The average Bonchev–Trinajstić information content (AvgIpc) is 3.40. The minimum atomic E-state index is -0.300. The largest absolute Gasteiger partial charge is 0.464 e. The Morgan fingerprint density at radius 3 is 1.67 bits per heavy atom. The van der Waals surface area contributed by atoms with E-state index in [1.807, 2.05) is 36.5 Å². The summed E-state index contributed by atoms with van der Waals surface area (Å²) >= 11 is 0. The summed E-state index contributed by atoms with van der Waals surface area (Å²) in [6, 6.07) is 28.1. The molecule has 0 saturated heterocycles. The van der Waals surface area contributed by atoms with E-state index in [1.54, 1.807) is 12.3 Å². The van der Waals surface area contributed by atoms with E-state index in [0.29, 0.717) is 5.58 Å². The SMILES string of the molecule is CC(C)(C)c1ccc2ncccc2c1.CC(C)(C)c1ccc2oc(=O)ccc2c1.CC(C)(C)c1ccc2occc2c1. The first-order chi connectivity index (χ1) is 19.6. The third-order valence-electron chi connectivity index (χ3n) is 7.27. The third kappa shape index (κ3) is 7.76. The molecule has 6 rings (SSSR count). The summed E-state index contributed by atoms with van der Waals surface area (Å²) in [5.41, 5.74) is 6.87. The number of hydrogen-bond donors (Lipinski definition) is 0. The van der Waals surface area contributed by atoms with Crippen LogP contribution in [0.15, 0.2) is 111 Å². The van der Waals surface area contributed by atoms with Crippen LogP contribution in [0.4, 0.5) is 0 Å². The van der Waals surface area contributed by atoms with Gasteiger partial charge in [-0.25, -0.2) is 4.79 Å². The molecule has 0 fully saturated rings. The maximum absolute atomic E-state index is 11.0. The summed E-state index contributed by atoms with van der Waals surface area (Å²) in [5.74, 6) is 0. The zero-order valence-corrected chi connectivity index (χ0v) is 26.4. The molecule has 4 nitrogen and oxygen atoms in total. The monoisotopic (exact) mass is 561 g/mol. The third-order valence-corrected chi connectivity index (χ3v) is 7.27. The van der Waals surface area contributed by atoms with Gasteiger partial charge >= 0.3 is 5.63 Å². The molecule has 0 bridgehead atoms. The van der Waals surface area contributed by atoms with E-state index in [2.05, 4.69) is 110 Å². The van der Waals surface area contributed by atoms with Crippen molar-refractivity contribution in [3.8, 4) is 0 Å². The normalized spacial score (nSPS) is 12.0. The number of furan rings is 1. The Morgan fingerprint density at radius 2 is 1.07 bits per heavy atom. The fourth-order valence-corrected chi connectivity index (χ4v) is 4.51. The molecule has 42 heavy (non-hydrogen) atoms. The first-order valence-corrected chi connectivity index (χ1v) is 14.5. The minimum absolute atomic E-state index is 0.115. The smallest absolute Gasteiger partial charge is 0.336 e. The van der Waals surface area contributed by atoms with E-state index in [1.165, 1.54) is 33.5 Å². The van der Waals surface area contributed by atoms with Crippen LogP contribution in [0.5, 0.6) is 0 Å². The summed E-state index contributed by atoms with van der Waals surface area (Å²) in [6.07, 6.45) is 3.57. The molecule has 6 aromatic rings. The number of pyridine rings is 1. The van der Waals surface area contributed by atoms with Gasteiger partial charge < -0.3 is 8.83 Å². The molecule has 0 N–H and O–H groups in total. The highest BCUT2D eigenvalue weighted by Gasteiger charge is 2.15. The topological polar surface area (TPSA) is 56.2 Å². The second-order valence-corrected chi connectivity index (χ2v) is 13.8. The molecule has 0 saturated carbocycles. The van der Waals surface area contributed by atoms with E-state index in [4.69, 9.17) is 8.83 Å². The lowest BCUT2D eigenvalue weighted by atomic mass is 9.86. The van der Waals surface area contributed by atoms with Gasteiger partial charge in [-0.05, 0) is 87.5 Å². The second kappa shape index (κ2) is 12.0. The molecule has 0 unspecified atom stereocenters. The highest BCUT2D eigenvalue weighted by atomic mass is 16.4. The van der Waals surface area contributed by atoms with Crippen LogP contribution in [0.1, 0.15) is 79.0 Å². The summed E-state index contributed by atoms with van der Waals surface area (Å²) in [6.45, 7) is 19.8. The fourth-order valence-electron chi connectivity index (χ4n) is 4.51. The lowest BCUT2D eigenvalue weighted by Crippen LogP contribution is -2.10. The summed E-state index contributed by atoms with van der Waals surface area (Å²) in [4.78, 5) is 15.3. The van der Waals surface area contributed by atoms with Crippen molar-refractivity contribution in [2.75, 3.05) is 0 Å². The number of aromatic nitrogens is 1. The van der Waals surface area contributed by atoms with Gasteiger partial charge in [-0.2, -0.15) is 0 Å². The van der Waals surface area contributed by atoms with E-state index in [9.17, 15) is 4.79 Å². The van der Waals surface area contributed by atoms with Crippen LogP contribution in [-0.2, 0) is 16.2 Å². The zero-order chi connectivity index (χ0) is 30.7. The molecule has 0 radical (unpaired) electrons. The lowest BCUT2D eigenvalue weighted by Gasteiger charge is -2.19. The molecular formula is C38H43NO3. The van der Waals surface area contributed by atoms with Crippen molar-refractivity contribution in [2.45, 2.75) is 78.6 Å². The molecule has 0 spiro atoms. The maximum Gasteiger partial charge on any atom is 0.336 e. The van der Waals surface area contributed by atoms with Gasteiger partial charge in [0, 0.05) is 28.4 Å². The Labute approximate surface area is 249 Å². The van der Waals surface area contributed by atoms with Gasteiger partial charge in [-0.1, -0.05) is 86.6 Å². The molecule has 0 aliphatic heterocycles. The molecule has 3 aromatic heterocycles. The van der Waals surface area contributed by atoms with Crippen molar-refractivity contribution in [3.63, 3.8) is 0 Å². The van der Waals surface area contributed by atoms with Crippen molar-refractivity contribution >= 4 is 32.8 Å². The molecule has 0 atom stereocenters. The van der Waals surface area contributed by atoms with Gasteiger partial charge in [-0.15, -0.1) is 0 Å². The summed E-state index contributed by atoms with van der Waals surface area (Å²) in [7, 11) is 0. The highest BCUT2D eigenvalue weighted by Crippen LogP contribution is 2.27. The Kier molecular flexibility index (Phi) is 8.77. The van der Waals surface area contributed by atoms with E-state index in [0.717, 1.165) is 16.5 Å². The van der Waals surface area contributed by atoms with Crippen molar-refractivity contribution in [1.82, 2.24) is 4.98 Å². The van der Waals surface area contributed by atoms with Crippen LogP contribution < -0.4 is 5.63 Å². The van der Waals surface area contributed by atoms with Gasteiger partial charge in [0.25, 0.3) is 0 Å². The molecule has 218 valence electrons. The van der Waals surface area contributed by atoms with Crippen LogP contribution in [0.25, 0.3) is 32.8 Å². The van der Waals surface area contributed by atoms with Crippen LogP contribution in [0, 0.1) is 0 Å². The second-order valence-electron chi connectivity index (χ2n) is 13.8. The van der Waals surface area contributed by atoms with Crippen molar-refractivity contribution in [3.05, 3.63) is 124 Å².